The Morgan fingerprint density at radius 2 is 1.91 bits per heavy atom. The van der Waals surface area contributed by atoms with Crippen molar-refractivity contribution < 1.29 is 23.1 Å². The van der Waals surface area contributed by atoms with Crippen molar-refractivity contribution in [3.8, 4) is 0 Å². The summed E-state index contributed by atoms with van der Waals surface area (Å²) in [4.78, 5) is 13.4. The zero-order valence-electron chi connectivity index (χ0n) is 12.4. The van der Waals surface area contributed by atoms with Crippen molar-refractivity contribution >= 4 is 5.91 Å². The number of alkyl halides is 3. The fourth-order valence-corrected chi connectivity index (χ4v) is 2.32. The minimum atomic E-state index is -4.34. The minimum Gasteiger partial charge on any atom is -0.391 e. The average molecular weight is 315 g/mol. The van der Waals surface area contributed by atoms with Gasteiger partial charge >= 0.3 is 6.18 Å². The lowest BCUT2D eigenvalue weighted by Crippen LogP contribution is -2.35. The van der Waals surface area contributed by atoms with E-state index >= 15 is 0 Å². The molecule has 1 aliphatic carbocycles. The Hall–Kier alpha value is -1.56. The Balaban J connectivity index is 1.80. The monoisotopic (exact) mass is 315 g/mol. The van der Waals surface area contributed by atoms with E-state index in [0.717, 1.165) is 25.0 Å². The minimum absolute atomic E-state index is 0.111. The molecule has 1 N–H and O–H groups in total. The fraction of sp³-hybridized carbons (Fsp3) is 0.562. The van der Waals surface area contributed by atoms with Crippen LogP contribution in [-0.2, 0) is 17.4 Å². The van der Waals surface area contributed by atoms with Crippen molar-refractivity contribution in [2.75, 3.05) is 13.6 Å². The van der Waals surface area contributed by atoms with E-state index in [0.29, 0.717) is 24.4 Å². The number of benzene rings is 1. The predicted molar refractivity (Wildman–Crippen MR) is 76.1 cm³/mol. The van der Waals surface area contributed by atoms with Gasteiger partial charge in [0.05, 0.1) is 11.7 Å². The number of aliphatic hydroxyl groups is 1. The highest BCUT2D eigenvalue weighted by Crippen LogP contribution is 2.32. The van der Waals surface area contributed by atoms with E-state index in [4.69, 9.17) is 0 Å². The second kappa shape index (κ2) is 6.69. The summed E-state index contributed by atoms with van der Waals surface area (Å²) in [5.41, 5.74) is 0.00439. The number of carbonyl (C=O) groups excluding carboxylic acids is 1. The molecule has 1 fully saturated rings. The summed E-state index contributed by atoms with van der Waals surface area (Å²) < 4.78 is 37.3. The first-order valence-corrected chi connectivity index (χ1v) is 7.35. The van der Waals surface area contributed by atoms with E-state index in [1.54, 1.807) is 7.05 Å². The van der Waals surface area contributed by atoms with Crippen molar-refractivity contribution in [2.24, 2.45) is 5.92 Å². The zero-order valence-corrected chi connectivity index (χ0v) is 12.4. The summed E-state index contributed by atoms with van der Waals surface area (Å²) in [5, 5.41) is 9.80. The van der Waals surface area contributed by atoms with Gasteiger partial charge in [0.1, 0.15) is 0 Å². The van der Waals surface area contributed by atoms with Gasteiger partial charge in [0.15, 0.2) is 0 Å². The van der Waals surface area contributed by atoms with Crippen LogP contribution in [0.25, 0.3) is 0 Å². The van der Waals surface area contributed by atoms with E-state index in [1.165, 1.54) is 17.0 Å². The van der Waals surface area contributed by atoms with Gasteiger partial charge in [-0.3, -0.25) is 4.79 Å². The molecule has 122 valence electrons. The highest BCUT2D eigenvalue weighted by molar-refractivity contribution is 5.76. The maximum absolute atomic E-state index is 12.4. The standard InChI is InChI=1S/C16H20F3NO2/c1-20(10-14(21)12-5-6-12)15(22)9-4-11-2-7-13(8-3-11)16(17,18)19/h2-3,7-8,12,14,21H,4-6,9-10H2,1H3. The number of aliphatic hydroxyl groups excluding tert-OH is 1. The number of hydrogen-bond donors (Lipinski definition) is 1. The van der Waals surface area contributed by atoms with Crippen molar-refractivity contribution in [1.82, 2.24) is 4.90 Å². The number of rotatable bonds is 6. The van der Waals surface area contributed by atoms with Gasteiger partial charge in [-0.25, -0.2) is 0 Å². The second-order valence-corrected chi connectivity index (χ2v) is 5.87. The topological polar surface area (TPSA) is 40.5 Å². The first kappa shape index (κ1) is 16.8. The van der Waals surface area contributed by atoms with Gasteiger partial charge in [-0.2, -0.15) is 13.2 Å². The van der Waals surface area contributed by atoms with Crippen molar-refractivity contribution in [3.63, 3.8) is 0 Å². The second-order valence-electron chi connectivity index (χ2n) is 5.87. The smallest absolute Gasteiger partial charge is 0.391 e. The number of hydrogen-bond acceptors (Lipinski definition) is 2. The molecule has 1 unspecified atom stereocenters. The number of likely N-dealkylation sites (N-methyl/N-ethyl adjacent to an activating group) is 1. The van der Waals surface area contributed by atoms with Gasteiger partial charge in [-0.05, 0) is 42.9 Å². The van der Waals surface area contributed by atoms with E-state index in [2.05, 4.69) is 0 Å². The molecular weight excluding hydrogens is 295 g/mol. The Morgan fingerprint density at radius 3 is 2.41 bits per heavy atom. The molecule has 6 heteroatoms. The molecule has 22 heavy (non-hydrogen) atoms. The summed E-state index contributed by atoms with van der Waals surface area (Å²) in [5.74, 6) is 0.199. The average Bonchev–Trinajstić information content (AvgIpc) is 3.28. The summed E-state index contributed by atoms with van der Waals surface area (Å²) in [6.45, 7) is 0.316. The first-order valence-electron chi connectivity index (χ1n) is 7.35. The van der Waals surface area contributed by atoms with Crippen LogP contribution in [0.15, 0.2) is 24.3 Å². The molecule has 0 aromatic heterocycles. The molecule has 0 bridgehead atoms. The Morgan fingerprint density at radius 1 is 1.32 bits per heavy atom. The van der Waals surface area contributed by atoms with Gasteiger partial charge in [0, 0.05) is 20.0 Å². The third kappa shape index (κ3) is 4.73. The number of halogens is 3. The van der Waals surface area contributed by atoms with Crippen LogP contribution in [0, 0.1) is 5.92 Å². The summed E-state index contributed by atoms with van der Waals surface area (Å²) >= 11 is 0. The highest BCUT2D eigenvalue weighted by atomic mass is 19.4. The predicted octanol–water partition coefficient (Wildman–Crippen LogP) is 2.87. The van der Waals surface area contributed by atoms with E-state index in [1.807, 2.05) is 0 Å². The van der Waals surface area contributed by atoms with Gasteiger partial charge in [-0.1, -0.05) is 12.1 Å². The number of nitrogens with zero attached hydrogens (tertiary/aromatic N) is 1. The quantitative estimate of drug-likeness (QED) is 0.877. The van der Waals surface area contributed by atoms with Gasteiger partial charge in [-0.15, -0.1) is 0 Å². The lowest BCUT2D eigenvalue weighted by Gasteiger charge is -2.20. The first-order chi connectivity index (χ1) is 10.3. The van der Waals surface area contributed by atoms with Gasteiger partial charge < -0.3 is 10.0 Å². The molecule has 1 amide bonds. The summed E-state index contributed by atoms with van der Waals surface area (Å²) in [6, 6.07) is 4.85. The molecule has 1 saturated carbocycles. The molecule has 0 spiro atoms. The summed E-state index contributed by atoms with van der Waals surface area (Å²) in [6.07, 6.45) is -2.18. The third-order valence-corrected chi connectivity index (χ3v) is 3.96. The van der Waals surface area contributed by atoms with Crippen molar-refractivity contribution in [2.45, 2.75) is 38.0 Å². The Labute approximate surface area is 127 Å². The Kier molecular flexibility index (Phi) is 5.11. The van der Waals surface area contributed by atoms with Crippen LogP contribution < -0.4 is 0 Å². The molecule has 1 atom stereocenters. The number of carbonyl (C=O) groups is 1. The molecule has 0 radical (unpaired) electrons. The normalized spacial score (nSPS) is 16.4. The largest absolute Gasteiger partial charge is 0.416 e. The molecule has 1 aromatic rings. The lowest BCUT2D eigenvalue weighted by molar-refractivity contribution is -0.137. The van der Waals surface area contributed by atoms with Crippen LogP contribution >= 0.6 is 0 Å². The fourth-order valence-electron chi connectivity index (χ4n) is 2.32. The maximum Gasteiger partial charge on any atom is 0.416 e. The maximum atomic E-state index is 12.4. The molecule has 0 saturated heterocycles. The van der Waals surface area contributed by atoms with E-state index in [9.17, 15) is 23.1 Å². The van der Waals surface area contributed by atoms with Crippen LogP contribution in [0.4, 0.5) is 13.2 Å². The van der Waals surface area contributed by atoms with Gasteiger partial charge in [0.2, 0.25) is 5.91 Å². The van der Waals surface area contributed by atoms with Crippen LogP contribution in [0.1, 0.15) is 30.4 Å². The molecule has 1 aliphatic rings. The molecule has 3 nitrogen and oxygen atoms in total. The zero-order chi connectivity index (χ0) is 16.3. The third-order valence-electron chi connectivity index (χ3n) is 3.96. The highest BCUT2D eigenvalue weighted by Gasteiger charge is 2.31. The molecule has 0 aliphatic heterocycles. The van der Waals surface area contributed by atoms with Crippen molar-refractivity contribution in [3.05, 3.63) is 35.4 Å². The van der Waals surface area contributed by atoms with Crippen LogP contribution in [0.3, 0.4) is 0 Å². The van der Waals surface area contributed by atoms with Crippen LogP contribution in [-0.4, -0.2) is 35.6 Å². The van der Waals surface area contributed by atoms with Crippen LogP contribution in [0.5, 0.6) is 0 Å². The molecule has 1 aromatic carbocycles. The molecule has 2 rings (SSSR count). The Bertz CT molecular complexity index is 509. The SMILES string of the molecule is CN(CC(O)C1CC1)C(=O)CCc1ccc(C(F)(F)F)cc1. The lowest BCUT2D eigenvalue weighted by atomic mass is 10.1. The van der Waals surface area contributed by atoms with Gasteiger partial charge in [0.25, 0.3) is 0 Å². The molecule has 0 heterocycles. The van der Waals surface area contributed by atoms with E-state index in [-0.39, 0.29) is 12.3 Å². The van der Waals surface area contributed by atoms with Crippen molar-refractivity contribution in [1.29, 1.82) is 0 Å². The number of aryl methyl sites for hydroxylation is 1. The molecular formula is C16H20F3NO2. The van der Waals surface area contributed by atoms with Crippen LogP contribution in [0.2, 0.25) is 0 Å². The van der Waals surface area contributed by atoms with E-state index < -0.39 is 17.8 Å². The summed E-state index contributed by atoms with van der Waals surface area (Å²) in [7, 11) is 1.64. The number of amides is 1.